The highest BCUT2D eigenvalue weighted by molar-refractivity contribution is 6.24. The normalized spacial score (nSPS) is 21.8. The molecule has 0 aromatic heterocycles. The molecular weight excluding hydrogens is 527 g/mol. The lowest BCUT2D eigenvalue weighted by molar-refractivity contribution is -0.136. The number of fused-ring (bicyclic) bond motifs is 1. The van der Waals surface area contributed by atoms with Crippen molar-refractivity contribution in [3.05, 3.63) is 76.1 Å². The Labute approximate surface area is 237 Å². The lowest BCUT2D eigenvalue weighted by atomic mass is 9.87. The van der Waals surface area contributed by atoms with E-state index in [0.717, 1.165) is 42.7 Å². The van der Waals surface area contributed by atoms with Crippen LogP contribution < -0.4 is 5.32 Å². The molecule has 1 aliphatic carbocycles. The standard InChI is InChI=1S/C31H31FN4O5/c32-22-8-5-19(6-9-22)23-4-2-1-3-21(23)18-34-13-15-35(16-14-34)29(39)20-7-10-24-25(17-20)31(41)36(30(24)40)26-11-12-27(37)33-28(26)38/h5-10,17,26H,1-4,11-16,18H2,(H,33,37,38). The number of imide groups is 2. The van der Waals surface area contributed by atoms with Crippen molar-refractivity contribution < 1.29 is 28.4 Å². The number of nitrogens with one attached hydrogen (secondary N) is 1. The van der Waals surface area contributed by atoms with Crippen LogP contribution in [-0.4, -0.2) is 83.0 Å². The first-order valence-electron chi connectivity index (χ1n) is 14.1. The van der Waals surface area contributed by atoms with Gasteiger partial charge in [-0.05, 0) is 73.6 Å². The first kappa shape index (κ1) is 27.0. The number of carbonyl (C=O) groups excluding carboxylic acids is 5. The second-order valence-corrected chi connectivity index (χ2v) is 11.1. The fourth-order valence-corrected chi connectivity index (χ4v) is 6.31. The third-order valence-corrected chi connectivity index (χ3v) is 8.54. The van der Waals surface area contributed by atoms with Gasteiger partial charge >= 0.3 is 0 Å². The van der Waals surface area contributed by atoms with Crippen LogP contribution in [0.3, 0.4) is 0 Å². The van der Waals surface area contributed by atoms with Crippen LogP contribution in [0.15, 0.2) is 48.0 Å². The van der Waals surface area contributed by atoms with Crippen molar-refractivity contribution in [3.8, 4) is 0 Å². The van der Waals surface area contributed by atoms with Crippen LogP contribution in [-0.2, 0) is 9.59 Å². The molecule has 10 heteroatoms. The van der Waals surface area contributed by atoms with Crippen LogP contribution >= 0.6 is 0 Å². The Morgan fingerprint density at radius 3 is 2.29 bits per heavy atom. The van der Waals surface area contributed by atoms with Gasteiger partial charge in [0.1, 0.15) is 11.9 Å². The van der Waals surface area contributed by atoms with Crippen molar-refractivity contribution >= 4 is 35.1 Å². The molecule has 0 bridgehead atoms. The molecular formula is C31H31FN4O5. The van der Waals surface area contributed by atoms with Gasteiger partial charge in [-0.3, -0.25) is 39.1 Å². The first-order valence-corrected chi connectivity index (χ1v) is 14.1. The third-order valence-electron chi connectivity index (χ3n) is 8.54. The van der Waals surface area contributed by atoms with Gasteiger partial charge < -0.3 is 4.90 Å². The summed E-state index contributed by atoms with van der Waals surface area (Å²) in [7, 11) is 0. The van der Waals surface area contributed by atoms with Crippen LogP contribution in [0.2, 0.25) is 0 Å². The Hall–Kier alpha value is -4.18. The van der Waals surface area contributed by atoms with E-state index in [4.69, 9.17) is 0 Å². The van der Waals surface area contributed by atoms with Gasteiger partial charge in [-0.1, -0.05) is 17.7 Å². The number of hydrogen-bond acceptors (Lipinski definition) is 6. The highest BCUT2D eigenvalue weighted by Crippen LogP contribution is 2.33. The van der Waals surface area contributed by atoms with E-state index in [1.54, 1.807) is 11.0 Å². The van der Waals surface area contributed by atoms with Crippen LogP contribution in [0.4, 0.5) is 4.39 Å². The van der Waals surface area contributed by atoms with E-state index in [2.05, 4.69) is 10.2 Å². The predicted molar refractivity (Wildman–Crippen MR) is 147 cm³/mol. The molecule has 41 heavy (non-hydrogen) atoms. The van der Waals surface area contributed by atoms with E-state index < -0.39 is 29.7 Å². The number of halogens is 1. The van der Waals surface area contributed by atoms with Gasteiger partial charge in [0.05, 0.1) is 11.1 Å². The fourth-order valence-electron chi connectivity index (χ4n) is 6.31. The molecule has 3 heterocycles. The molecule has 2 aromatic carbocycles. The first-order chi connectivity index (χ1) is 19.8. The van der Waals surface area contributed by atoms with Crippen molar-refractivity contribution in [2.75, 3.05) is 32.7 Å². The average Bonchev–Trinajstić information content (AvgIpc) is 3.23. The second-order valence-electron chi connectivity index (χ2n) is 11.1. The summed E-state index contributed by atoms with van der Waals surface area (Å²) in [6.45, 7) is 3.30. The monoisotopic (exact) mass is 558 g/mol. The van der Waals surface area contributed by atoms with Crippen molar-refractivity contribution in [1.82, 2.24) is 20.0 Å². The van der Waals surface area contributed by atoms with Crippen LogP contribution in [0.1, 0.15) is 75.2 Å². The summed E-state index contributed by atoms with van der Waals surface area (Å²) in [5.74, 6) is -2.77. The summed E-state index contributed by atoms with van der Waals surface area (Å²) in [6.07, 6.45) is 4.39. The maximum Gasteiger partial charge on any atom is 0.262 e. The van der Waals surface area contributed by atoms with Crippen molar-refractivity contribution in [1.29, 1.82) is 0 Å². The van der Waals surface area contributed by atoms with Gasteiger partial charge in [-0.2, -0.15) is 0 Å². The molecule has 212 valence electrons. The Balaban J connectivity index is 1.11. The molecule has 1 N–H and O–H groups in total. The highest BCUT2D eigenvalue weighted by Gasteiger charge is 2.45. The minimum atomic E-state index is -1.05. The number of allylic oxidation sites excluding steroid dienone is 1. The smallest absolute Gasteiger partial charge is 0.262 e. The van der Waals surface area contributed by atoms with Crippen LogP contribution in [0, 0.1) is 5.82 Å². The van der Waals surface area contributed by atoms with E-state index in [1.165, 1.54) is 35.4 Å². The second kappa shape index (κ2) is 11.0. The van der Waals surface area contributed by atoms with Gasteiger partial charge in [-0.15, -0.1) is 0 Å². The Morgan fingerprint density at radius 2 is 1.56 bits per heavy atom. The molecule has 2 fully saturated rings. The molecule has 2 saturated heterocycles. The molecule has 0 saturated carbocycles. The Kier molecular flexibility index (Phi) is 7.25. The zero-order chi connectivity index (χ0) is 28.7. The third kappa shape index (κ3) is 5.19. The van der Waals surface area contributed by atoms with Gasteiger partial charge in [-0.25, -0.2) is 4.39 Å². The molecule has 0 spiro atoms. The Morgan fingerprint density at radius 1 is 0.854 bits per heavy atom. The summed E-state index contributed by atoms with van der Waals surface area (Å²) in [5, 5.41) is 2.18. The van der Waals surface area contributed by atoms with Crippen molar-refractivity contribution in [2.45, 2.75) is 44.6 Å². The van der Waals surface area contributed by atoms with Crippen LogP contribution in [0.25, 0.3) is 5.57 Å². The van der Waals surface area contributed by atoms with Gasteiger partial charge in [0.25, 0.3) is 17.7 Å². The van der Waals surface area contributed by atoms with E-state index in [1.807, 2.05) is 12.1 Å². The van der Waals surface area contributed by atoms with E-state index in [0.29, 0.717) is 31.7 Å². The molecule has 2 aromatic rings. The minimum Gasteiger partial charge on any atom is -0.336 e. The number of piperidine rings is 1. The van der Waals surface area contributed by atoms with Gasteiger partial charge in [0, 0.05) is 44.7 Å². The fraction of sp³-hybridized carbons (Fsp3) is 0.387. The van der Waals surface area contributed by atoms with Gasteiger partial charge in [0.15, 0.2) is 0 Å². The zero-order valence-electron chi connectivity index (χ0n) is 22.7. The Bertz CT molecular complexity index is 1480. The molecule has 1 unspecified atom stereocenters. The summed E-state index contributed by atoms with van der Waals surface area (Å²) in [6, 6.07) is 10.1. The molecule has 1 atom stereocenters. The molecule has 9 nitrogen and oxygen atoms in total. The number of piperazine rings is 1. The predicted octanol–water partition coefficient (Wildman–Crippen LogP) is 3.01. The molecule has 4 aliphatic rings. The van der Waals surface area contributed by atoms with Gasteiger partial charge in [0.2, 0.25) is 11.8 Å². The summed E-state index contributed by atoms with van der Waals surface area (Å²) in [5.41, 5.74) is 4.33. The van der Waals surface area contributed by atoms with Crippen molar-refractivity contribution in [3.63, 3.8) is 0 Å². The topological polar surface area (TPSA) is 107 Å². The number of amides is 5. The molecule has 0 radical (unpaired) electrons. The number of benzene rings is 2. The summed E-state index contributed by atoms with van der Waals surface area (Å²) >= 11 is 0. The zero-order valence-corrected chi connectivity index (χ0v) is 22.7. The quantitative estimate of drug-likeness (QED) is 0.566. The lowest BCUT2D eigenvalue weighted by Gasteiger charge is -2.36. The SMILES string of the molecule is O=C1CCC(N2C(=O)c3ccc(C(=O)N4CCN(CC5=C(c6ccc(F)cc6)CCCC5)CC4)cc3C2=O)C(=O)N1. The van der Waals surface area contributed by atoms with E-state index >= 15 is 0 Å². The minimum absolute atomic E-state index is 0.0460. The summed E-state index contributed by atoms with van der Waals surface area (Å²) < 4.78 is 13.5. The molecule has 3 aliphatic heterocycles. The maximum atomic E-state index is 13.5. The van der Waals surface area contributed by atoms with E-state index in [9.17, 15) is 28.4 Å². The van der Waals surface area contributed by atoms with E-state index in [-0.39, 0.29) is 35.7 Å². The number of hydrogen-bond donors (Lipinski definition) is 1. The number of rotatable bonds is 5. The average molecular weight is 559 g/mol. The number of nitrogens with zero attached hydrogens (tertiary/aromatic N) is 3. The number of carbonyl (C=O) groups is 5. The largest absolute Gasteiger partial charge is 0.336 e. The molecule has 5 amide bonds. The van der Waals surface area contributed by atoms with Crippen molar-refractivity contribution in [2.24, 2.45) is 0 Å². The van der Waals surface area contributed by atoms with Crippen LogP contribution in [0.5, 0.6) is 0 Å². The highest BCUT2D eigenvalue weighted by atomic mass is 19.1. The maximum absolute atomic E-state index is 13.5. The summed E-state index contributed by atoms with van der Waals surface area (Å²) in [4.78, 5) is 68.3. The lowest BCUT2D eigenvalue weighted by Crippen LogP contribution is -2.54. The molecule has 6 rings (SSSR count).